The third-order valence-electron chi connectivity index (χ3n) is 2.33. The minimum Gasteiger partial charge on any atom is -0.341 e. The Balaban J connectivity index is 0.00000289. The SMILES string of the molecule is CN(CC(C)(C)C)C(=O)c1ccnc(CN)c1.Cl. The van der Waals surface area contributed by atoms with Crippen molar-refractivity contribution in [2.75, 3.05) is 13.6 Å². The van der Waals surface area contributed by atoms with Crippen LogP contribution in [0.15, 0.2) is 18.3 Å². The first-order chi connectivity index (χ1) is 7.83. The molecule has 2 N–H and O–H groups in total. The largest absolute Gasteiger partial charge is 0.341 e. The van der Waals surface area contributed by atoms with Crippen molar-refractivity contribution in [2.24, 2.45) is 11.1 Å². The predicted molar refractivity (Wildman–Crippen MR) is 75.8 cm³/mol. The van der Waals surface area contributed by atoms with Gasteiger partial charge >= 0.3 is 0 Å². The minimum atomic E-state index is 0. The molecule has 1 rings (SSSR count). The number of aromatic nitrogens is 1. The molecule has 4 nitrogen and oxygen atoms in total. The van der Waals surface area contributed by atoms with Crippen molar-refractivity contribution in [3.8, 4) is 0 Å². The molecule has 0 aliphatic heterocycles. The van der Waals surface area contributed by atoms with Gasteiger partial charge in [0.2, 0.25) is 0 Å². The molecule has 1 aromatic heterocycles. The summed E-state index contributed by atoms with van der Waals surface area (Å²) < 4.78 is 0. The van der Waals surface area contributed by atoms with E-state index in [1.54, 1.807) is 23.2 Å². The van der Waals surface area contributed by atoms with Gasteiger partial charge in [-0.2, -0.15) is 0 Å². The van der Waals surface area contributed by atoms with Gasteiger partial charge in [0.05, 0.1) is 5.69 Å². The van der Waals surface area contributed by atoms with Gasteiger partial charge in [0, 0.05) is 31.9 Å². The average molecular weight is 272 g/mol. The highest BCUT2D eigenvalue weighted by Crippen LogP contribution is 2.16. The maximum Gasteiger partial charge on any atom is 0.253 e. The molecule has 0 aliphatic carbocycles. The monoisotopic (exact) mass is 271 g/mol. The molecule has 0 bridgehead atoms. The lowest BCUT2D eigenvalue weighted by Crippen LogP contribution is -2.34. The van der Waals surface area contributed by atoms with Crippen LogP contribution in [0.5, 0.6) is 0 Å². The summed E-state index contributed by atoms with van der Waals surface area (Å²) in [4.78, 5) is 18.0. The van der Waals surface area contributed by atoms with Crippen molar-refractivity contribution < 1.29 is 4.79 Å². The quantitative estimate of drug-likeness (QED) is 0.916. The van der Waals surface area contributed by atoms with Gasteiger partial charge in [0.15, 0.2) is 0 Å². The Morgan fingerprint density at radius 1 is 1.44 bits per heavy atom. The summed E-state index contributed by atoms with van der Waals surface area (Å²) >= 11 is 0. The number of halogens is 1. The lowest BCUT2D eigenvalue weighted by molar-refractivity contribution is 0.0745. The Morgan fingerprint density at radius 2 is 2.06 bits per heavy atom. The number of pyridine rings is 1. The summed E-state index contributed by atoms with van der Waals surface area (Å²) in [5.74, 6) is 0.0111. The van der Waals surface area contributed by atoms with Crippen LogP contribution in [0.1, 0.15) is 36.8 Å². The maximum absolute atomic E-state index is 12.1. The number of nitrogens with two attached hydrogens (primary N) is 1. The molecule has 0 aliphatic rings. The highest BCUT2D eigenvalue weighted by atomic mass is 35.5. The fourth-order valence-electron chi connectivity index (χ4n) is 1.73. The van der Waals surface area contributed by atoms with Gasteiger partial charge in [-0.1, -0.05) is 20.8 Å². The van der Waals surface area contributed by atoms with Crippen molar-refractivity contribution in [1.29, 1.82) is 0 Å². The second-order valence-electron chi connectivity index (χ2n) is 5.46. The Kier molecular flexibility index (Phi) is 6.29. The van der Waals surface area contributed by atoms with Crippen LogP contribution in [-0.4, -0.2) is 29.4 Å². The van der Waals surface area contributed by atoms with Crippen molar-refractivity contribution in [3.05, 3.63) is 29.6 Å². The third kappa shape index (κ3) is 5.02. The number of nitrogens with zero attached hydrogens (tertiary/aromatic N) is 2. The van der Waals surface area contributed by atoms with Crippen LogP contribution in [0.2, 0.25) is 0 Å². The first kappa shape index (κ1) is 16.9. The van der Waals surface area contributed by atoms with E-state index in [-0.39, 0.29) is 23.7 Å². The molecule has 0 aromatic carbocycles. The number of hydrogen-bond acceptors (Lipinski definition) is 3. The third-order valence-corrected chi connectivity index (χ3v) is 2.33. The first-order valence-corrected chi connectivity index (χ1v) is 5.74. The maximum atomic E-state index is 12.1. The topological polar surface area (TPSA) is 59.2 Å². The number of carbonyl (C=O) groups is 1. The number of hydrogen-bond donors (Lipinski definition) is 1. The first-order valence-electron chi connectivity index (χ1n) is 5.74. The van der Waals surface area contributed by atoms with Gasteiger partial charge in [-0.05, 0) is 17.5 Å². The van der Waals surface area contributed by atoms with Gasteiger partial charge < -0.3 is 10.6 Å². The standard InChI is InChI=1S/C13H21N3O.ClH/c1-13(2,3)9-16(4)12(17)10-5-6-15-11(7-10)8-14;/h5-7H,8-9,14H2,1-4H3;1H. The van der Waals surface area contributed by atoms with Crippen molar-refractivity contribution >= 4 is 18.3 Å². The lowest BCUT2D eigenvalue weighted by Gasteiger charge is -2.26. The van der Waals surface area contributed by atoms with Crippen LogP contribution in [0.4, 0.5) is 0 Å². The van der Waals surface area contributed by atoms with E-state index in [1.807, 2.05) is 7.05 Å². The Hall–Kier alpha value is -1.13. The molecular weight excluding hydrogens is 250 g/mol. The van der Waals surface area contributed by atoms with E-state index >= 15 is 0 Å². The second-order valence-corrected chi connectivity index (χ2v) is 5.46. The van der Waals surface area contributed by atoms with Gasteiger partial charge in [-0.25, -0.2) is 0 Å². The minimum absolute atomic E-state index is 0. The fourth-order valence-corrected chi connectivity index (χ4v) is 1.73. The Labute approximate surface area is 115 Å². The zero-order valence-electron chi connectivity index (χ0n) is 11.4. The molecule has 0 spiro atoms. The Morgan fingerprint density at radius 3 is 2.56 bits per heavy atom. The molecule has 0 atom stereocenters. The van der Waals surface area contributed by atoms with Crippen molar-refractivity contribution in [3.63, 3.8) is 0 Å². The van der Waals surface area contributed by atoms with Crippen molar-refractivity contribution in [2.45, 2.75) is 27.3 Å². The zero-order chi connectivity index (χ0) is 13.1. The van der Waals surface area contributed by atoms with Crippen molar-refractivity contribution in [1.82, 2.24) is 9.88 Å². The molecule has 1 heterocycles. The fraction of sp³-hybridized carbons (Fsp3) is 0.538. The van der Waals surface area contributed by atoms with Gasteiger partial charge in [0.1, 0.15) is 0 Å². The molecular formula is C13H22ClN3O. The highest BCUT2D eigenvalue weighted by Gasteiger charge is 2.18. The van der Waals surface area contributed by atoms with E-state index < -0.39 is 0 Å². The zero-order valence-corrected chi connectivity index (χ0v) is 12.3. The normalized spacial score (nSPS) is 10.7. The van der Waals surface area contributed by atoms with Gasteiger partial charge in [0.25, 0.3) is 5.91 Å². The number of rotatable bonds is 3. The smallest absolute Gasteiger partial charge is 0.253 e. The molecule has 18 heavy (non-hydrogen) atoms. The van der Waals surface area contributed by atoms with E-state index in [9.17, 15) is 4.79 Å². The van der Waals surface area contributed by atoms with Crippen LogP contribution < -0.4 is 5.73 Å². The van der Waals surface area contributed by atoms with Gasteiger partial charge in [-0.15, -0.1) is 12.4 Å². The van der Waals surface area contributed by atoms with Crippen LogP contribution >= 0.6 is 12.4 Å². The average Bonchev–Trinajstić information content (AvgIpc) is 2.26. The van der Waals surface area contributed by atoms with Crippen LogP contribution in [0.25, 0.3) is 0 Å². The summed E-state index contributed by atoms with van der Waals surface area (Å²) in [6.07, 6.45) is 1.63. The molecule has 1 aromatic rings. The van der Waals surface area contributed by atoms with Gasteiger partial charge in [-0.3, -0.25) is 9.78 Å². The summed E-state index contributed by atoms with van der Waals surface area (Å²) in [7, 11) is 1.82. The highest BCUT2D eigenvalue weighted by molar-refractivity contribution is 5.94. The molecule has 1 amide bonds. The summed E-state index contributed by atoms with van der Waals surface area (Å²) in [6.45, 7) is 7.38. The molecule has 102 valence electrons. The van der Waals surface area contributed by atoms with E-state index in [2.05, 4.69) is 25.8 Å². The predicted octanol–water partition coefficient (Wildman–Crippen LogP) is 2.08. The van der Waals surface area contributed by atoms with E-state index in [1.165, 1.54) is 0 Å². The summed E-state index contributed by atoms with van der Waals surface area (Å²) in [5.41, 5.74) is 6.98. The molecule has 5 heteroatoms. The number of amides is 1. The molecule has 0 fully saturated rings. The summed E-state index contributed by atoms with van der Waals surface area (Å²) in [6, 6.07) is 3.47. The summed E-state index contributed by atoms with van der Waals surface area (Å²) in [5, 5.41) is 0. The van der Waals surface area contributed by atoms with E-state index in [0.29, 0.717) is 18.7 Å². The van der Waals surface area contributed by atoms with E-state index in [4.69, 9.17) is 5.73 Å². The molecule has 0 unspecified atom stereocenters. The van der Waals surface area contributed by atoms with E-state index in [0.717, 1.165) is 5.69 Å². The Bertz CT molecular complexity index is 401. The van der Waals surface area contributed by atoms with Crippen LogP contribution in [-0.2, 0) is 6.54 Å². The molecule has 0 saturated heterocycles. The van der Waals surface area contributed by atoms with Crippen LogP contribution in [0.3, 0.4) is 0 Å². The lowest BCUT2D eigenvalue weighted by atomic mass is 9.96. The molecule has 0 saturated carbocycles. The molecule has 0 radical (unpaired) electrons. The van der Waals surface area contributed by atoms with Crippen LogP contribution in [0, 0.1) is 5.41 Å². The number of carbonyl (C=O) groups excluding carboxylic acids is 1. The second kappa shape index (κ2) is 6.71.